The summed E-state index contributed by atoms with van der Waals surface area (Å²) in [5, 5.41) is 1.26. The summed E-state index contributed by atoms with van der Waals surface area (Å²) in [6, 6.07) is 6.21. The van der Waals surface area contributed by atoms with Crippen molar-refractivity contribution in [2.75, 3.05) is 25.1 Å². The maximum atomic E-state index is 5.85. The Hall–Kier alpha value is -2.76. The van der Waals surface area contributed by atoms with Crippen molar-refractivity contribution >= 4 is 16.7 Å². The van der Waals surface area contributed by atoms with E-state index in [0.717, 1.165) is 43.0 Å². The second-order valence-corrected chi connectivity index (χ2v) is 7.27. The summed E-state index contributed by atoms with van der Waals surface area (Å²) >= 11 is 0. The van der Waals surface area contributed by atoms with Gasteiger partial charge < -0.3 is 19.4 Å². The van der Waals surface area contributed by atoms with Crippen LogP contribution in [-0.2, 0) is 0 Å². The number of fused-ring (bicyclic) bond motifs is 1. The van der Waals surface area contributed by atoms with E-state index in [-0.39, 0.29) is 6.10 Å². The van der Waals surface area contributed by atoms with Gasteiger partial charge in [-0.3, -0.25) is 0 Å². The largest absolute Gasteiger partial charge is 0.497 e. The fourth-order valence-electron chi connectivity index (χ4n) is 3.83. The monoisotopic (exact) mass is 366 g/mol. The van der Waals surface area contributed by atoms with E-state index in [0.29, 0.717) is 11.8 Å². The quantitative estimate of drug-likeness (QED) is 0.735. The minimum Gasteiger partial charge on any atom is -0.497 e. The van der Waals surface area contributed by atoms with Crippen LogP contribution in [0.4, 0.5) is 5.82 Å². The van der Waals surface area contributed by atoms with Crippen LogP contribution in [0, 0.1) is 0 Å². The number of rotatable bonds is 5. The third kappa shape index (κ3) is 3.56. The van der Waals surface area contributed by atoms with Crippen molar-refractivity contribution in [3.05, 3.63) is 42.4 Å². The normalized spacial score (nSPS) is 15.5. The number of benzene rings is 1. The van der Waals surface area contributed by atoms with E-state index in [2.05, 4.69) is 38.2 Å². The number of H-pyrrole nitrogens is 1. The number of aromatic amines is 1. The van der Waals surface area contributed by atoms with Gasteiger partial charge in [0.15, 0.2) is 5.82 Å². The molecule has 1 saturated heterocycles. The van der Waals surface area contributed by atoms with Crippen LogP contribution in [0.1, 0.15) is 38.2 Å². The lowest BCUT2D eigenvalue weighted by molar-refractivity contribution is 0.231. The average Bonchev–Trinajstić information content (AvgIpc) is 3.11. The molecule has 0 unspecified atom stereocenters. The zero-order valence-corrected chi connectivity index (χ0v) is 16.1. The van der Waals surface area contributed by atoms with Crippen LogP contribution >= 0.6 is 0 Å². The van der Waals surface area contributed by atoms with Crippen LogP contribution in [0.15, 0.2) is 36.8 Å². The van der Waals surface area contributed by atoms with E-state index < -0.39 is 0 Å². The molecule has 142 valence electrons. The number of aromatic nitrogens is 3. The Bertz CT molecular complexity index is 913. The number of nitrogens with one attached hydrogen (secondary N) is 1. The lowest BCUT2D eigenvalue weighted by Crippen LogP contribution is -2.34. The van der Waals surface area contributed by atoms with Crippen LogP contribution in [0.5, 0.6) is 11.6 Å². The number of anilines is 1. The third-order valence-electron chi connectivity index (χ3n) is 5.15. The summed E-state index contributed by atoms with van der Waals surface area (Å²) in [6.07, 6.45) is 7.80. The fourth-order valence-corrected chi connectivity index (χ4v) is 3.83. The molecule has 1 fully saturated rings. The van der Waals surface area contributed by atoms with Crippen LogP contribution < -0.4 is 14.4 Å². The summed E-state index contributed by atoms with van der Waals surface area (Å²) in [4.78, 5) is 14.6. The fraction of sp³-hybridized carbons (Fsp3) is 0.429. The number of ether oxygens (including phenoxy) is 2. The molecule has 2 aromatic heterocycles. The van der Waals surface area contributed by atoms with Gasteiger partial charge in [0.2, 0.25) is 0 Å². The molecule has 4 rings (SSSR count). The molecule has 27 heavy (non-hydrogen) atoms. The minimum atomic E-state index is 0.0826. The molecule has 0 atom stereocenters. The van der Waals surface area contributed by atoms with Crippen LogP contribution in [0.3, 0.4) is 0 Å². The predicted octanol–water partition coefficient (Wildman–Crippen LogP) is 4.14. The van der Waals surface area contributed by atoms with Crippen molar-refractivity contribution in [3.63, 3.8) is 0 Å². The zero-order valence-electron chi connectivity index (χ0n) is 16.1. The molecule has 1 aliphatic heterocycles. The van der Waals surface area contributed by atoms with Crippen LogP contribution in [0.2, 0.25) is 0 Å². The maximum Gasteiger partial charge on any atom is 0.257 e. The third-order valence-corrected chi connectivity index (χ3v) is 5.15. The number of piperidine rings is 1. The van der Waals surface area contributed by atoms with E-state index in [1.54, 1.807) is 19.5 Å². The molecule has 1 aromatic carbocycles. The Kier molecular flexibility index (Phi) is 4.88. The van der Waals surface area contributed by atoms with Gasteiger partial charge in [-0.1, -0.05) is 0 Å². The Morgan fingerprint density at radius 2 is 1.93 bits per heavy atom. The van der Waals surface area contributed by atoms with Gasteiger partial charge >= 0.3 is 0 Å². The van der Waals surface area contributed by atoms with Crippen molar-refractivity contribution in [1.29, 1.82) is 0 Å². The van der Waals surface area contributed by atoms with Gasteiger partial charge in [-0.2, -0.15) is 0 Å². The van der Waals surface area contributed by atoms with E-state index in [1.165, 1.54) is 10.9 Å². The molecule has 0 spiro atoms. The van der Waals surface area contributed by atoms with Crippen molar-refractivity contribution in [3.8, 4) is 11.6 Å². The highest BCUT2D eigenvalue weighted by molar-refractivity contribution is 5.85. The standard InChI is InChI=1S/C21H26N4O2/c1-14(2)27-21-20(22-8-9-23-21)25-10-6-15(7-11-25)18-13-24-19-5-4-16(26-3)12-17(18)19/h4-5,8-9,12-15,24H,6-7,10-11H2,1-3H3. The maximum absolute atomic E-state index is 5.85. The Labute approximate surface area is 159 Å². The van der Waals surface area contributed by atoms with Gasteiger partial charge in [0.05, 0.1) is 13.2 Å². The predicted molar refractivity (Wildman–Crippen MR) is 107 cm³/mol. The molecule has 0 amide bonds. The lowest BCUT2D eigenvalue weighted by atomic mass is 9.89. The summed E-state index contributed by atoms with van der Waals surface area (Å²) in [6.45, 7) is 5.90. The topological polar surface area (TPSA) is 63.3 Å². The summed E-state index contributed by atoms with van der Waals surface area (Å²) in [5.74, 6) is 2.90. The van der Waals surface area contributed by atoms with Crippen LogP contribution in [0.25, 0.3) is 10.9 Å². The molecule has 0 radical (unpaired) electrons. The van der Waals surface area contributed by atoms with Gasteiger partial charge in [-0.15, -0.1) is 0 Å². The minimum absolute atomic E-state index is 0.0826. The van der Waals surface area contributed by atoms with E-state index in [4.69, 9.17) is 9.47 Å². The molecule has 1 aliphatic rings. The number of methoxy groups -OCH3 is 1. The Morgan fingerprint density at radius 1 is 1.15 bits per heavy atom. The highest BCUT2D eigenvalue weighted by Gasteiger charge is 2.26. The molecule has 0 saturated carbocycles. The number of hydrogen-bond acceptors (Lipinski definition) is 5. The Morgan fingerprint density at radius 3 is 2.67 bits per heavy atom. The molecule has 3 heterocycles. The van der Waals surface area contributed by atoms with E-state index in [1.807, 2.05) is 19.9 Å². The number of nitrogens with zero attached hydrogens (tertiary/aromatic N) is 3. The summed E-state index contributed by atoms with van der Waals surface area (Å²) in [5.41, 5.74) is 2.54. The molecule has 6 heteroatoms. The van der Waals surface area contributed by atoms with E-state index in [9.17, 15) is 0 Å². The highest BCUT2D eigenvalue weighted by Crippen LogP contribution is 2.36. The lowest BCUT2D eigenvalue weighted by Gasteiger charge is -2.33. The van der Waals surface area contributed by atoms with Gasteiger partial charge in [0, 0.05) is 42.6 Å². The van der Waals surface area contributed by atoms with Crippen molar-refractivity contribution in [2.24, 2.45) is 0 Å². The van der Waals surface area contributed by atoms with Gasteiger partial charge in [0.25, 0.3) is 5.88 Å². The van der Waals surface area contributed by atoms with E-state index >= 15 is 0 Å². The second-order valence-electron chi connectivity index (χ2n) is 7.27. The summed E-state index contributed by atoms with van der Waals surface area (Å²) < 4.78 is 11.2. The van der Waals surface area contributed by atoms with Crippen molar-refractivity contribution < 1.29 is 9.47 Å². The molecule has 0 bridgehead atoms. The first-order valence-electron chi connectivity index (χ1n) is 9.53. The average molecular weight is 366 g/mol. The Balaban J connectivity index is 1.52. The van der Waals surface area contributed by atoms with Gasteiger partial charge in [-0.05, 0) is 56.4 Å². The molecular formula is C21H26N4O2. The van der Waals surface area contributed by atoms with Crippen LogP contribution in [-0.4, -0.2) is 41.3 Å². The first-order valence-corrected chi connectivity index (χ1v) is 9.53. The first kappa shape index (κ1) is 17.6. The highest BCUT2D eigenvalue weighted by atomic mass is 16.5. The van der Waals surface area contributed by atoms with Gasteiger partial charge in [-0.25, -0.2) is 9.97 Å². The molecular weight excluding hydrogens is 340 g/mol. The SMILES string of the molecule is COc1ccc2[nH]cc(C3CCN(c4nccnc4OC(C)C)CC3)c2c1. The molecule has 0 aliphatic carbocycles. The van der Waals surface area contributed by atoms with Crippen molar-refractivity contribution in [1.82, 2.24) is 15.0 Å². The molecule has 6 nitrogen and oxygen atoms in total. The second kappa shape index (κ2) is 7.47. The molecule has 1 N–H and O–H groups in total. The first-order chi connectivity index (χ1) is 13.2. The summed E-state index contributed by atoms with van der Waals surface area (Å²) in [7, 11) is 1.71. The van der Waals surface area contributed by atoms with Gasteiger partial charge in [0.1, 0.15) is 5.75 Å². The smallest absolute Gasteiger partial charge is 0.257 e. The molecule has 3 aromatic rings. The zero-order chi connectivity index (χ0) is 18.8. The number of hydrogen-bond donors (Lipinski definition) is 1. The van der Waals surface area contributed by atoms with Crippen molar-refractivity contribution in [2.45, 2.75) is 38.7 Å².